The lowest BCUT2D eigenvalue weighted by Crippen LogP contribution is -2.51. The minimum Gasteiger partial charge on any atom is -0.444 e. The molecular formula is C29H42N6O3. The number of alkyl carbamates (subject to hydrolysis) is 1. The summed E-state index contributed by atoms with van der Waals surface area (Å²) in [5.41, 5.74) is 2.32. The molecule has 1 aliphatic heterocycles. The van der Waals surface area contributed by atoms with Crippen LogP contribution in [0.4, 0.5) is 10.7 Å². The molecule has 1 aromatic carbocycles. The lowest BCUT2D eigenvalue weighted by Gasteiger charge is -2.40. The van der Waals surface area contributed by atoms with Crippen molar-refractivity contribution in [2.45, 2.75) is 71.1 Å². The number of rotatable bonds is 7. The average Bonchev–Trinajstić information content (AvgIpc) is 2.91. The molecule has 0 spiro atoms. The van der Waals surface area contributed by atoms with Gasteiger partial charge in [0.25, 0.3) is 0 Å². The second kappa shape index (κ2) is 12.6. The summed E-state index contributed by atoms with van der Waals surface area (Å²) in [6.45, 7) is 9.75. The summed E-state index contributed by atoms with van der Waals surface area (Å²) in [7, 11) is 1.72. The van der Waals surface area contributed by atoms with Crippen LogP contribution in [0.3, 0.4) is 0 Å². The lowest BCUT2D eigenvalue weighted by atomic mass is 9.94. The molecule has 4 rings (SSSR count). The number of hydrogen-bond donors (Lipinski definition) is 1. The normalized spacial score (nSPS) is 17.2. The van der Waals surface area contributed by atoms with E-state index in [4.69, 9.17) is 4.74 Å². The van der Waals surface area contributed by atoms with Crippen LogP contribution in [0.15, 0.2) is 36.7 Å². The van der Waals surface area contributed by atoms with Gasteiger partial charge in [-0.3, -0.25) is 9.69 Å². The van der Waals surface area contributed by atoms with Gasteiger partial charge < -0.3 is 19.9 Å². The molecule has 0 bridgehead atoms. The Bertz CT molecular complexity index is 1070. The third-order valence-corrected chi connectivity index (χ3v) is 7.22. The molecule has 0 unspecified atom stereocenters. The highest BCUT2D eigenvalue weighted by Gasteiger charge is 2.26. The fraction of sp³-hybridized carbons (Fsp3) is 0.586. The molecule has 0 atom stereocenters. The van der Waals surface area contributed by atoms with E-state index >= 15 is 0 Å². The Morgan fingerprint density at radius 2 is 1.71 bits per heavy atom. The van der Waals surface area contributed by atoms with Crippen LogP contribution in [0.1, 0.15) is 58.4 Å². The van der Waals surface area contributed by atoms with E-state index in [0.717, 1.165) is 54.9 Å². The number of hydrogen-bond acceptors (Lipinski definition) is 7. The Morgan fingerprint density at radius 1 is 1.03 bits per heavy atom. The molecule has 9 nitrogen and oxygen atoms in total. The van der Waals surface area contributed by atoms with Crippen molar-refractivity contribution in [3.8, 4) is 11.1 Å². The van der Waals surface area contributed by atoms with E-state index < -0.39 is 11.7 Å². The van der Waals surface area contributed by atoms with Gasteiger partial charge in [-0.05, 0) is 50.8 Å². The third-order valence-electron chi connectivity index (χ3n) is 7.22. The molecule has 0 radical (unpaired) electrons. The molecule has 9 heteroatoms. The Hall–Kier alpha value is -3.20. The molecule has 2 aliphatic rings. The van der Waals surface area contributed by atoms with Gasteiger partial charge in [-0.15, -0.1) is 0 Å². The number of benzene rings is 1. The third kappa shape index (κ3) is 7.90. The van der Waals surface area contributed by atoms with Gasteiger partial charge >= 0.3 is 6.09 Å². The Balaban J connectivity index is 1.28. The zero-order chi connectivity index (χ0) is 27.1. The van der Waals surface area contributed by atoms with Crippen molar-refractivity contribution in [2.75, 3.05) is 44.7 Å². The zero-order valence-corrected chi connectivity index (χ0v) is 23.3. The quantitative estimate of drug-likeness (QED) is 0.586. The van der Waals surface area contributed by atoms with Gasteiger partial charge in [-0.1, -0.05) is 37.5 Å². The molecule has 2 aromatic rings. The van der Waals surface area contributed by atoms with E-state index in [1.165, 1.54) is 32.1 Å². The fourth-order valence-corrected chi connectivity index (χ4v) is 5.18. The minimum absolute atomic E-state index is 0.116. The molecule has 1 saturated carbocycles. The number of carbonyl (C=O) groups excluding carboxylic acids is 2. The minimum atomic E-state index is -0.606. The number of aromatic nitrogens is 2. The summed E-state index contributed by atoms with van der Waals surface area (Å²) in [6.07, 6.45) is 9.98. The topological polar surface area (TPSA) is 90.9 Å². The Kier molecular flexibility index (Phi) is 9.20. The molecule has 1 saturated heterocycles. The maximum atomic E-state index is 12.5. The number of piperazine rings is 1. The van der Waals surface area contributed by atoms with Crippen molar-refractivity contribution < 1.29 is 14.3 Å². The average molecular weight is 523 g/mol. The number of ether oxygens (including phenoxy) is 1. The fourth-order valence-electron chi connectivity index (χ4n) is 5.18. The molecule has 206 valence electrons. The molecule has 38 heavy (non-hydrogen) atoms. The SMILES string of the molecule is CN(Cc1cccc(-c2cnc(N3CCN(C4CCCCC4)CC3)nc2)c1)C(=O)CNC(=O)OC(C)(C)C. The number of amides is 2. The second-order valence-corrected chi connectivity index (χ2v) is 11.4. The summed E-state index contributed by atoms with van der Waals surface area (Å²) in [6, 6.07) is 8.79. The maximum Gasteiger partial charge on any atom is 0.408 e. The van der Waals surface area contributed by atoms with Gasteiger partial charge in [0.05, 0.1) is 0 Å². The van der Waals surface area contributed by atoms with Crippen LogP contribution >= 0.6 is 0 Å². The van der Waals surface area contributed by atoms with Crippen LogP contribution in [0.25, 0.3) is 11.1 Å². The van der Waals surface area contributed by atoms with Gasteiger partial charge in [-0.2, -0.15) is 0 Å². The number of likely N-dealkylation sites (N-methyl/N-ethyl adjacent to an activating group) is 1. The first-order valence-electron chi connectivity index (χ1n) is 13.8. The smallest absolute Gasteiger partial charge is 0.408 e. The van der Waals surface area contributed by atoms with Crippen molar-refractivity contribution in [1.29, 1.82) is 0 Å². The van der Waals surface area contributed by atoms with Crippen molar-refractivity contribution in [1.82, 2.24) is 25.1 Å². The second-order valence-electron chi connectivity index (χ2n) is 11.4. The summed E-state index contributed by atoms with van der Waals surface area (Å²) >= 11 is 0. The predicted octanol–water partition coefficient (Wildman–Crippen LogP) is 4.08. The van der Waals surface area contributed by atoms with Crippen LogP contribution in [0, 0.1) is 0 Å². The van der Waals surface area contributed by atoms with Gasteiger partial charge in [0.2, 0.25) is 11.9 Å². The molecular weight excluding hydrogens is 480 g/mol. The molecule has 2 heterocycles. The van der Waals surface area contributed by atoms with Gasteiger partial charge in [-0.25, -0.2) is 14.8 Å². The van der Waals surface area contributed by atoms with E-state index in [2.05, 4.69) is 25.1 Å². The first kappa shape index (κ1) is 27.8. The molecule has 1 aliphatic carbocycles. The zero-order valence-electron chi connectivity index (χ0n) is 23.3. The van der Waals surface area contributed by atoms with Crippen LogP contribution in [0.2, 0.25) is 0 Å². The summed E-state index contributed by atoms with van der Waals surface area (Å²) in [5.74, 6) is 0.591. The van der Waals surface area contributed by atoms with Crippen LogP contribution in [0.5, 0.6) is 0 Å². The maximum absolute atomic E-state index is 12.5. The van der Waals surface area contributed by atoms with Crippen molar-refractivity contribution in [3.05, 3.63) is 42.2 Å². The Labute approximate surface area is 226 Å². The number of anilines is 1. The van der Waals surface area contributed by atoms with E-state index in [0.29, 0.717) is 6.54 Å². The Morgan fingerprint density at radius 3 is 2.37 bits per heavy atom. The van der Waals surface area contributed by atoms with Gasteiger partial charge in [0.15, 0.2) is 0 Å². The van der Waals surface area contributed by atoms with Gasteiger partial charge in [0.1, 0.15) is 12.1 Å². The van der Waals surface area contributed by atoms with Crippen LogP contribution in [-0.2, 0) is 16.1 Å². The summed E-state index contributed by atoms with van der Waals surface area (Å²) in [5, 5.41) is 2.52. The van der Waals surface area contributed by atoms with Crippen LogP contribution in [-0.4, -0.2) is 83.2 Å². The molecule has 2 amide bonds. The highest BCUT2D eigenvalue weighted by molar-refractivity contribution is 5.82. The largest absolute Gasteiger partial charge is 0.444 e. The first-order valence-corrected chi connectivity index (χ1v) is 13.8. The number of nitrogens with one attached hydrogen (secondary N) is 1. The summed E-state index contributed by atoms with van der Waals surface area (Å²) in [4.78, 5) is 40.2. The lowest BCUT2D eigenvalue weighted by molar-refractivity contribution is -0.129. The van der Waals surface area contributed by atoms with Crippen molar-refractivity contribution >= 4 is 17.9 Å². The van der Waals surface area contributed by atoms with Crippen molar-refractivity contribution in [3.63, 3.8) is 0 Å². The van der Waals surface area contributed by atoms with Gasteiger partial charge in [0, 0.05) is 63.8 Å². The monoisotopic (exact) mass is 522 g/mol. The predicted molar refractivity (Wildman–Crippen MR) is 149 cm³/mol. The van der Waals surface area contributed by atoms with E-state index in [9.17, 15) is 9.59 Å². The van der Waals surface area contributed by atoms with E-state index in [1.807, 2.05) is 36.7 Å². The van der Waals surface area contributed by atoms with Crippen LogP contribution < -0.4 is 10.2 Å². The number of carbonyl (C=O) groups is 2. The van der Waals surface area contributed by atoms with E-state index in [-0.39, 0.29) is 12.5 Å². The molecule has 2 fully saturated rings. The van der Waals surface area contributed by atoms with Crippen molar-refractivity contribution in [2.24, 2.45) is 0 Å². The summed E-state index contributed by atoms with van der Waals surface area (Å²) < 4.78 is 5.19. The number of nitrogens with zero attached hydrogens (tertiary/aromatic N) is 5. The molecule has 1 N–H and O–H groups in total. The molecule has 1 aromatic heterocycles. The standard InChI is InChI=1S/C29H42N6O3/c1-29(2,3)38-28(37)32-20-26(36)33(4)21-22-9-8-10-23(17-22)24-18-30-27(31-19-24)35-15-13-34(14-16-35)25-11-6-5-7-12-25/h8-10,17-19,25H,5-7,11-16,20-21H2,1-4H3,(H,32,37). The van der Waals surface area contributed by atoms with E-state index in [1.54, 1.807) is 32.7 Å². The highest BCUT2D eigenvalue weighted by Crippen LogP contribution is 2.25. The first-order chi connectivity index (χ1) is 18.2. The highest BCUT2D eigenvalue weighted by atomic mass is 16.6.